The number of carbonyl (C=O) groups is 1. The fourth-order valence-corrected chi connectivity index (χ4v) is 7.27. The third-order valence-corrected chi connectivity index (χ3v) is 10.1. The van der Waals surface area contributed by atoms with Crippen LogP contribution < -0.4 is 0 Å². The number of hydrogen-bond donors (Lipinski definition) is 3. The first-order valence-corrected chi connectivity index (χ1v) is 18.6. The van der Waals surface area contributed by atoms with Crippen LogP contribution in [0.2, 0.25) is 0 Å². The molecule has 8 atom stereocenters. The normalized spacial score (nSPS) is 27.4. The van der Waals surface area contributed by atoms with Gasteiger partial charge in [0.2, 0.25) is 0 Å². The van der Waals surface area contributed by atoms with Crippen LogP contribution in [0.1, 0.15) is 168 Å². The molecule has 3 aliphatic rings. The fourth-order valence-electron chi connectivity index (χ4n) is 7.27. The highest BCUT2D eigenvalue weighted by Gasteiger charge is 2.40. The third kappa shape index (κ3) is 14.2. The molecule has 0 amide bonds. The summed E-state index contributed by atoms with van der Waals surface area (Å²) in [6.07, 6.45) is 25.8. The summed E-state index contributed by atoms with van der Waals surface area (Å²) in [6, 6.07) is 0. The molecule has 3 rings (SSSR count). The molecular weight excluding hydrogens is 556 g/mol. The van der Waals surface area contributed by atoms with Crippen LogP contribution in [0, 0.1) is 0 Å². The molecule has 0 aromatic heterocycles. The van der Waals surface area contributed by atoms with Gasteiger partial charge in [-0.25, -0.2) is 4.79 Å². The van der Waals surface area contributed by atoms with E-state index in [0.717, 1.165) is 95.5 Å². The van der Waals surface area contributed by atoms with E-state index in [2.05, 4.69) is 6.92 Å². The van der Waals surface area contributed by atoms with Gasteiger partial charge in [-0.1, -0.05) is 96.8 Å². The zero-order valence-electron chi connectivity index (χ0n) is 28.1. The van der Waals surface area contributed by atoms with Gasteiger partial charge in [0, 0.05) is 5.57 Å². The summed E-state index contributed by atoms with van der Waals surface area (Å²) in [6.45, 7) is 4.09. The predicted molar refractivity (Wildman–Crippen MR) is 175 cm³/mol. The van der Waals surface area contributed by atoms with Gasteiger partial charge in [0.25, 0.3) is 0 Å². The molecule has 3 heterocycles. The lowest BCUT2D eigenvalue weighted by Crippen LogP contribution is -2.33. The summed E-state index contributed by atoms with van der Waals surface area (Å²) in [4.78, 5) is 11.6. The van der Waals surface area contributed by atoms with Crippen molar-refractivity contribution in [2.75, 3.05) is 0 Å². The van der Waals surface area contributed by atoms with E-state index in [1.54, 1.807) is 0 Å². The number of hydrogen-bond acceptors (Lipinski definition) is 7. The lowest BCUT2D eigenvalue weighted by atomic mass is 10.00. The Morgan fingerprint density at radius 1 is 0.659 bits per heavy atom. The number of ether oxygens (including phenoxy) is 3. The standard InChI is InChI=1S/C37H66O7/c1-3-4-13-19-30(38)20-16-17-22-32(40)34-24-26-36(44-34)35-25-23-33(43-35)31(39)21-15-12-10-8-6-5-7-9-11-14-18-29-27-28(2)42-37(29)41/h27-28,30-36,38-40H,3-26H2,1-2H3/t28-,30-,31+,32+,33-,34-,35+,36-/m0/s1. The number of unbranched alkanes of at least 4 members (excludes halogenated alkanes) is 12. The molecule has 2 saturated heterocycles. The molecule has 0 aromatic carbocycles. The van der Waals surface area contributed by atoms with E-state index in [1.165, 1.54) is 64.2 Å². The van der Waals surface area contributed by atoms with Crippen molar-refractivity contribution in [3.05, 3.63) is 11.6 Å². The summed E-state index contributed by atoms with van der Waals surface area (Å²) >= 11 is 0. The monoisotopic (exact) mass is 622 g/mol. The lowest BCUT2D eigenvalue weighted by Gasteiger charge is -2.24. The Kier molecular flexibility index (Phi) is 18.5. The van der Waals surface area contributed by atoms with Crippen molar-refractivity contribution in [2.24, 2.45) is 0 Å². The minimum atomic E-state index is -0.447. The van der Waals surface area contributed by atoms with Crippen LogP contribution in [-0.2, 0) is 19.0 Å². The van der Waals surface area contributed by atoms with Crippen molar-refractivity contribution in [3.8, 4) is 0 Å². The van der Waals surface area contributed by atoms with Gasteiger partial charge in [0.15, 0.2) is 0 Å². The maximum atomic E-state index is 11.6. The minimum Gasteiger partial charge on any atom is -0.455 e. The van der Waals surface area contributed by atoms with E-state index in [9.17, 15) is 20.1 Å². The lowest BCUT2D eigenvalue weighted by molar-refractivity contribution is -0.139. The van der Waals surface area contributed by atoms with Gasteiger partial charge in [-0.3, -0.25) is 0 Å². The second-order valence-electron chi connectivity index (χ2n) is 14.0. The molecule has 0 spiro atoms. The third-order valence-electron chi connectivity index (χ3n) is 10.1. The Hall–Kier alpha value is -0.990. The predicted octanol–water partition coefficient (Wildman–Crippen LogP) is 7.86. The van der Waals surface area contributed by atoms with Gasteiger partial charge in [-0.2, -0.15) is 0 Å². The minimum absolute atomic E-state index is 0.0274. The molecule has 0 saturated carbocycles. The van der Waals surface area contributed by atoms with Gasteiger partial charge in [-0.05, 0) is 77.2 Å². The van der Waals surface area contributed by atoms with Crippen molar-refractivity contribution >= 4 is 5.97 Å². The number of rotatable bonds is 25. The summed E-state index contributed by atoms with van der Waals surface area (Å²) in [5, 5.41) is 31.5. The van der Waals surface area contributed by atoms with E-state index in [0.29, 0.717) is 0 Å². The van der Waals surface area contributed by atoms with Crippen LogP contribution in [-0.4, -0.2) is 70.1 Å². The second kappa shape index (κ2) is 21.7. The molecule has 2 fully saturated rings. The van der Waals surface area contributed by atoms with Crippen molar-refractivity contribution < 1.29 is 34.3 Å². The number of aliphatic hydroxyl groups is 3. The van der Waals surface area contributed by atoms with Crippen LogP contribution in [0.25, 0.3) is 0 Å². The molecule has 3 N–H and O–H groups in total. The zero-order valence-corrected chi connectivity index (χ0v) is 28.1. The number of esters is 1. The van der Waals surface area contributed by atoms with Crippen molar-refractivity contribution in [3.63, 3.8) is 0 Å². The highest BCUT2D eigenvalue weighted by Crippen LogP contribution is 2.34. The molecular formula is C37H66O7. The molecule has 256 valence electrons. The first-order valence-electron chi connectivity index (χ1n) is 18.6. The van der Waals surface area contributed by atoms with Crippen molar-refractivity contribution in [2.45, 2.75) is 217 Å². The molecule has 7 heteroatoms. The van der Waals surface area contributed by atoms with E-state index in [4.69, 9.17) is 14.2 Å². The number of cyclic esters (lactones) is 1. The van der Waals surface area contributed by atoms with E-state index in [-0.39, 0.29) is 42.6 Å². The highest BCUT2D eigenvalue weighted by molar-refractivity contribution is 5.90. The van der Waals surface area contributed by atoms with E-state index >= 15 is 0 Å². The quantitative estimate of drug-likeness (QED) is 0.0703. The van der Waals surface area contributed by atoms with Gasteiger partial charge >= 0.3 is 5.97 Å². The molecule has 3 aliphatic heterocycles. The van der Waals surface area contributed by atoms with Crippen molar-refractivity contribution in [1.82, 2.24) is 0 Å². The largest absolute Gasteiger partial charge is 0.455 e. The maximum absolute atomic E-state index is 11.6. The molecule has 0 aromatic rings. The molecule has 7 nitrogen and oxygen atoms in total. The van der Waals surface area contributed by atoms with Crippen molar-refractivity contribution in [1.29, 1.82) is 0 Å². The fraction of sp³-hybridized carbons (Fsp3) is 0.919. The Morgan fingerprint density at radius 2 is 1.11 bits per heavy atom. The molecule has 44 heavy (non-hydrogen) atoms. The van der Waals surface area contributed by atoms with E-state index < -0.39 is 12.2 Å². The summed E-state index contributed by atoms with van der Waals surface area (Å²) in [5.74, 6) is -0.123. The first kappa shape index (κ1) is 37.5. The van der Waals surface area contributed by atoms with E-state index in [1.807, 2.05) is 13.0 Å². The van der Waals surface area contributed by atoms with Crippen LogP contribution in [0.15, 0.2) is 11.6 Å². The Morgan fingerprint density at radius 3 is 1.61 bits per heavy atom. The smallest absolute Gasteiger partial charge is 0.334 e. The SMILES string of the molecule is CCCCC[C@H](O)CCCC[C@@H](O)[C@@H]1CC[C@@H]([C@H]2CC[C@@H]([C@H](O)CCCCCCCCCCCCC3=C[C@H](C)OC3=O)O2)O1. The highest BCUT2D eigenvalue weighted by atomic mass is 16.6. The van der Waals surface area contributed by atoms with Crippen LogP contribution in [0.3, 0.4) is 0 Å². The average Bonchev–Trinajstić information content (AvgIpc) is 3.76. The number of aliphatic hydroxyl groups excluding tert-OH is 3. The summed E-state index contributed by atoms with van der Waals surface area (Å²) in [7, 11) is 0. The Labute approximate surface area is 268 Å². The molecule has 0 bridgehead atoms. The zero-order chi connectivity index (χ0) is 31.6. The van der Waals surface area contributed by atoms with Gasteiger partial charge < -0.3 is 29.5 Å². The molecule has 0 unspecified atom stereocenters. The summed E-state index contributed by atoms with van der Waals surface area (Å²) < 4.78 is 17.7. The average molecular weight is 623 g/mol. The van der Waals surface area contributed by atoms with Crippen LogP contribution in [0.4, 0.5) is 0 Å². The molecule has 0 aliphatic carbocycles. The van der Waals surface area contributed by atoms with Crippen LogP contribution in [0.5, 0.6) is 0 Å². The van der Waals surface area contributed by atoms with Gasteiger partial charge in [-0.15, -0.1) is 0 Å². The first-order chi connectivity index (χ1) is 21.4. The Bertz CT molecular complexity index is 801. The van der Waals surface area contributed by atoms with Gasteiger partial charge in [0.05, 0.1) is 42.7 Å². The second-order valence-corrected chi connectivity index (χ2v) is 14.0. The van der Waals surface area contributed by atoms with Crippen LogP contribution >= 0.6 is 0 Å². The topological polar surface area (TPSA) is 105 Å². The van der Waals surface area contributed by atoms with Gasteiger partial charge in [0.1, 0.15) is 6.10 Å². The maximum Gasteiger partial charge on any atom is 0.334 e. The number of carbonyl (C=O) groups excluding carboxylic acids is 1. The Balaban J connectivity index is 1.13. The molecule has 0 radical (unpaired) electrons. The summed E-state index contributed by atoms with van der Waals surface area (Å²) in [5.41, 5.74) is 0.863.